The van der Waals surface area contributed by atoms with Gasteiger partial charge in [-0.3, -0.25) is 20.4 Å². The van der Waals surface area contributed by atoms with Crippen LogP contribution in [0.1, 0.15) is 20.9 Å². The summed E-state index contributed by atoms with van der Waals surface area (Å²) in [5, 5.41) is 3.58. The summed E-state index contributed by atoms with van der Waals surface area (Å²) in [4.78, 5) is 24.2. The molecule has 0 aliphatic carbocycles. The Labute approximate surface area is 169 Å². The van der Waals surface area contributed by atoms with Gasteiger partial charge in [-0.15, -0.1) is 0 Å². The largest absolute Gasteiger partial charge is 0.459 e. The quantitative estimate of drug-likeness (QED) is 0.489. The molecule has 0 saturated carbocycles. The molecule has 9 heteroatoms. The third-order valence-electron chi connectivity index (χ3n) is 3.46. The lowest BCUT2D eigenvalue weighted by atomic mass is 10.2. The van der Waals surface area contributed by atoms with Crippen LogP contribution in [0.2, 0.25) is 15.1 Å². The average Bonchev–Trinajstić information content (AvgIpc) is 3.16. The molecule has 0 unspecified atom stereocenters. The second-order valence-corrected chi connectivity index (χ2v) is 6.58. The number of hydrogen-bond acceptors (Lipinski definition) is 4. The van der Waals surface area contributed by atoms with Crippen molar-refractivity contribution in [3.63, 3.8) is 0 Å². The monoisotopic (exact) mass is 423 g/mol. The topological polar surface area (TPSA) is 83.4 Å². The van der Waals surface area contributed by atoms with E-state index < -0.39 is 5.91 Å². The van der Waals surface area contributed by atoms with Crippen molar-refractivity contribution < 1.29 is 14.0 Å². The number of nitrogens with one attached hydrogen (secondary N) is 3. The maximum atomic E-state index is 12.2. The number of rotatable bonds is 5. The smallest absolute Gasteiger partial charge is 0.291 e. The first-order valence-electron chi connectivity index (χ1n) is 7.60. The highest BCUT2D eigenvalue weighted by molar-refractivity contribution is 6.41. The maximum absolute atomic E-state index is 12.2. The Morgan fingerprint density at radius 1 is 0.889 bits per heavy atom. The maximum Gasteiger partial charge on any atom is 0.291 e. The summed E-state index contributed by atoms with van der Waals surface area (Å²) < 4.78 is 5.02. The van der Waals surface area contributed by atoms with Crippen molar-refractivity contribution in [3.8, 4) is 0 Å². The van der Waals surface area contributed by atoms with E-state index >= 15 is 0 Å². The molecule has 1 heterocycles. The predicted octanol–water partition coefficient (Wildman–Crippen LogP) is 5.25. The lowest BCUT2D eigenvalue weighted by molar-refractivity contribution is 0.0961. The highest BCUT2D eigenvalue weighted by Gasteiger charge is 2.12. The summed E-state index contributed by atoms with van der Waals surface area (Å²) in [5.41, 5.74) is 6.37. The molecule has 0 atom stereocenters. The van der Waals surface area contributed by atoms with Gasteiger partial charge in [-0.05, 0) is 48.5 Å². The first-order chi connectivity index (χ1) is 12.9. The van der Waals surface area contributed by atoms with Gasteiger partial charge in [0.2, 0.25) is 0 Å². The molecule has 3 N–H and O–H groups in total. The molecule has 0 spiro atoms. The normalized spacial score (nSPS) is 10.3. The minimum absolute atomic E-state index is 0.192. The van der Waals surface area contributed by atoms with Gasteiger partial charge in [0.1, 0.15) is 0 Å². The van der Waals surface area contributed by atoms with Crippen LogP contribution in [-0.2, 0) is 0 Å². The molecule has 3 rings (SSSR count). The number of carbonyl (C=O) groups is 2. The summed E-state index contributed by atoms with van der Waals surface area (Å²) >= 11 is 17.9. The first-order valence-corrected chi connectivity index (χ1v) is 8.73. The summed E-state index contributed by atoms with van der Waals surface area (Å²) in [7, 11) is 0. The van der Waals surface area contributed by atoms with Gasteiger partial charge in [-0.25, -0.2) is 0 Å². The Morgan fingerprint density at radius 3 is 2.15 bits per heavy atom. The Kier molecular flexibility index (Phi) is 5.91. The van der Waals surface area contributed by atoms with Crippen LogP contribution >= 0.6 is 34.8 Å². The zero-order valence-corrected chi connectivity index (χ0v) is 15.8. The molecule has 6 nitrogen and oxygen atoms in total. The van der Waals surface area contributed by atoms with Crippen LogP contribution in [0, 0.1) is 0 Å². The van der Waals surface area contributed by atoms with Crippen molar-refractivity contribution in [3.05, 3.63) is 81.2 Å². The van der Waals surface area contributed by atoms with E-state index in [1.54, 1.807) is 36.4 Å². The number of benzene rings is 2. The molecule has 0 aliphatic rings. The molecule has 0 fully saturated rings. The molecule has 138 valence electrons. The Balaban J connectivity index is 1.62. The summed E-state index contributed by atoms with van der Waals surface area (Å²) in [5.74, 6) is -0.607. The molecular weight excluding hydrogens is 413 g/mol. The second-order valence-electron chi connectivity index (χ2n) is 5.33. The molecule has 27 heavy (non-hydrogen) atoms. The molecule has 1 aromatic heterocycles. The molecular formula is C18H12Cl3N3O3. The molecule has 2 amide bonds. The van der Waals surface area contributed by atoms with Gasteiger partial charge >= 0.3 is 0 Å². The Hall–Kier alpha value is -2.67. The zero-order valence-electron chi connectivity index (χ0n) is 13.6. The van der Waals surface area contributed by atoms with Crippen LogP contribution in [0.4, 0.5) is 11.4 Å². The van der Waals surface area contributed by atoms with Crippen LogP contribution in [0.15, 0.2) is 59.2 Å². The lowest BCUT2D eigenvalue weighted by Gasteiger charge is -2.12. The molecule has 3 aromatic rings. The standard InChI is InChI=1S/C18H12Cl3N3O3/c19-11-8-13(20)16(14(21)9-11)23-24-17(25)10-3-5-12(6-4-10)22-18(26)15-2-1-7-27-15/h1-9,23H,(H,22,26)(H,24,25). The Bertz CT molecular complexity index is 950. The number of halogens is 3. The highest BCUT2D eigenvalue weighted by Crippen LogP contribution is 2.33. The molecule has 0 aliphatic heterocycles. The van der Waals surface area contributed by atoms with E-state index in [0.29, 0.717) is 22.0 Å². The van der Waals surface area contributed by atoms with Crippen molar-refractivity contribution in [1.82, 2.24) is 5.43 Å². The number of anilines is 2. The van der Waals surface area contributed by atoms with Gasteiger partial charge in [0, 0.05) is 16.3 Å². The van der Waals surface area contributed by atoms with E-state index in [9.17, 15) is 9.59 Å². The summed E-state index contributed by atoms with van der Waals surface area (Å²) in [6.07, 6.45) is 1.41. The van der Waals surface area contributed by atoms with E-state index in [1.165, 1.54) is 18.4 Å². The van der Waals surface area contributed by atoms with Gasteiger partial charge in [0.05, 0.1) is 22.0 Å². The third kappa shape index (κ3) is 4.74. The van der Waals surface area contributed by atoms with Gasteiger partial charge in [-0.1, -0.05) is 34.8 Å². The van der Waals surface area contributed by atoms with E-state index in [1.807, 2.05) is 0 Å². The fourth-order valence-corrected chi connectivity index (χ4v) is 3.07. The fraction of sp³-hybridized carbons (Fsp3) is 0. The minimum atomic E-state index is -0.416. The highest BCUT2D eigenvalue weighted by atomic mass is 35.5. The first kappa shape index (κ1) is 19.1. The molecule has 2 aromatic carbocycles. The second kappa shape index (κ2) is 8.35. The van der Waals surface area contributed by atoms with Crippen molar-refractivity contribution >= 4 is 58.0 Å². The van der Waals surface area contributed by atoms with Crippen LogP contribution < -0.4 is 16.2 Å². The van der Waals surface area contributed by atoms with Gasteiger partial charge in [0.25, 0.3) is 11.8 Å². The number of furan rings is 1. The molecule has 0 radical (unpaired) electrons. The minimum Gasteiger partial charge on any atom is -0.459 e. The van der Waals surface area contributed by atoms with Crippen LogP contribution in [0.25, 0.3) is 0 Å². The van der Waals surface area contributed by atoms with Gasteiger partial charge < -0.3 is 9.73 Å². The Morgan fingerprint density at radius 2 is 1.56 bits per heavy atom. The van der Waals surface area contributed by atoms with Crippen LogP contribution in [0.3, 0.4) is 0 Å². The molecule has 0 saturated heterocycles. The van der Waals surface area contributed by atoms with Gasteiger partial charge in [0.15, 0.2) is 5.76 Å². The van der Waals surface area contributed by atoms with Crippen molar-refractivity contribution in [2.45, 2.75) is 0 Å². The van der Waals surface area contributed by atoms with Crippen LogP contribution in [-0.4, -0.2) is 11.8 Å². The SMILES string of the molecule is O=C(NNc1c(Cl)cc(Cl)cc1Cl)c1ccc(NC(=O)c2ccco2)cc1. The van der Waals surface area contributed by atoms with Crippen molar-refractivity contribution in [1.29, 1.82) is 0 Å². The fourth-order valence-electron chi connectivity index (χ4n) is 2.16. The van der Waals surface area contributed by atoms with E-state index in [-0.39, 0.29) is 21.7 Å². The molecule has 0 bridgehead atoms. The van der Waals surface area contributed by atoms with E-state index in [4.69, 9.17) is 39.2 Å². The van der Waals surface area contributed by atoms with Gasteiger partial charge in [-0.2, -0.15) is 0 Å². The average molecular weight is 425 g/mol. The predicted molar refractivity (Wildman–Crippen MR) is 106 cm³/mol. The lowest BCUT2D eigenvalue weighted by Crippen LogP contribution is -2.29. The number of carbonyl (C=O) groups excluding carboxylic acids is 2. The summed E-state index contributed by atoms with van der Waals surface area (Å²) in [6.45, 7) is 0. The van der Waals surface area contributed by atoms with E-state index in [2.05, 4.69) is 16.2 Å². The summed E-state index contributed by atoms with van der Waals surface area (Å²) in [6, 6.07) is 12.5. The van der Waals surface area contributed by atoms with Crippen molar-refractivity contribution in [2.75, 3.05) is 10.7 Å². The third-order valence-corrected chi connectivity index (χ3v) is 4.27. The van der Waals surface area contributed by atoms with Crippen LogP contribution in [0.5, 0.6) is 0 Å². The van der Waals surface area contributed by atoms with Crippen molar-refractivity contribution in [2.24, 2.45) is 0 Å². The number of hydrazine groups is 1. The zero-order chi connectivity index (χ0) is 19.4. The number of hydrogen-bond donors (Lipinski definition) is 3. The number of amides is 2. The van der Waals surface area contributed by atoms with E-state index in [0.717, 1.165) is 0 Å².